The average Bonchev–Trinajstić information content (AvgIpc) is 2.51. The molecule has 2 amide bonds. The van der Waals surface area contributed by atoms with Gasteiger partial charge in [-0.1, -0.05) is 45.4 Å². The van der Waals surface area contributed by atoms with Gasteiger partial charge in [0.05, 0.1) is 6.10 Å². The first-order chi connectivity index (χ1) is 10.5. The van der Waals surface area contributed by atoms with Crippen molar-refractivity contribution in [2.24, 2.45) is 5.92 Å². The number of benzene rings is 1. The van der Waals surface area contributed by atoms with Gasteiger partial charge < -0.3 is 15.7 Å². The highest BCUT2D eigenvalue weighted by Gasteiger charge is 2.24. The molecule has 0 bridgehead atoms. The van der Waals surface area contributed by atoms with Crippen LogP contribution in [0.4, 0.5) is 0 Å². The lowest BCUT2D eigenvalue weighted by atomic mass is 10.0. The maximum absolute atomic E-state index is 12.2. The molecule has 1 aromatic carbocycles. The lowest BCUT2D eigenvalue weighted by Crippen LogP contribution is -2.50. The fourth-order valence-corrected chi connectivity index (χ4v) is 2.11. The highest BCUT2D eigenvalue weighted by atomic mass is 16.3. The molecule has 0 aliphatic heterocycles. The molecule has 0 radical (unpaired) electrons. The van der Waals surface area contributed by atoms with Gasteiger partial charge in [-0.15, -0.1) is 0 Å². The third-order valence-electron chi connectivity index (χ3n) is 3.41. The molecular formula is C17H26N2O3. The lowest BCUT2D eigenvalue weighted by molar-refractivity contribution is -0.124. The van der Waals surface area contributed by atoms with Crippen LogP contribution in [0.1, 0.15) is 44.0 Å². The zero-order chi connectivity index (χ0) is 16.5. The molecule has 0 fully saturated rings. The summed E-state index contributed by atoms with van der Waals surface area (Å²) >= 11 is 0. The molecule has 0 saturated carbocycles. The molecule has 5 nitrogen and oxygen atoms in total. The van der Waals surface area contributed by atoms with Crippen LogP contribution in [0.15, 0.2) is 30.3 Å². The van der Waals surface area contributed by atoms with Crippen molar-refractivity contribution in [1.82, 2.24) is 10.6 Å². The van der Waals surface area contributed by atoms with Crippen LogP contribution in [-0.2, 0) is 4.79 Å². The minimum atomic E-state index is -0.624. The van der Waals surface area contributed by atoms with Gasteiger partial charge in [-0.25, -0.2) is 0 Å². The van der Waals surface area contributed by atoms with Gasteiger partial charge in [-0.3, -0.25) is 9.59 Å². The van der Waals surface area contributed by atoms with Gasteiger partial charge in [0.25, 0.3) is 5.91 Å². The number of hydrogen-bond donors (Lipinski definition) is 3. The fraction of sp³-hybridized carbons (Fsp3) is 0.529. The van der Waals surface area contributed by atoms with Crippen LogP contribution in [0.3, 0.4) is 0 Å². The van der Waals surface area contributed by atoms with E-state index in [0.717, 1.165) is 6.42 Å². The van der Waals surface area contributed by atoms with E-state index in [4.69, 9.17) is 0 Å². The van der Waals surface area contributed by atoms with E-state index in [2.05, 4.69) is 10.6 Å². The molecule has 0 saturated heterocycles. The first kappa shape index (κ1) is 18.2. The highest BCUT2D eigenvalue weighted by molar-refractivity contribution is 5.97. The van der Waals surface area contributed by atoms with Crippen molar-refractivity contribution in [1.29, 1.82) is 0 Å². The molecule has 2 atom stereocenters. The Balaban J connectivity index is 2.61. The summed E-state index contributed by atoms with van der Waals surface area (Å²) in [5.74, 6) is -0.589. The molecule has 122 valence electrons. The van der Waals surface area contributed by atoms with Crippen molar-refractivity contribution in [3.05, 3.63) is 35.9 Å². The van der Waals surface area contributed by atoms with Gasteiger partial charge in [0, 0.05) is 12.1 Å². The molecule has 2 unspecified atom stereocenters. The van der Waals surface area contributed by atoms with Gasteiger partial charge >= 0.3 is 0 Å². The summed E-state index contributed by atoms with van der Waals surface area (Å²) in [7, 11) is 0. The Kier molecular flexibility index (Phi) is 7.60. The second-order valence-electron chi connectivity index (χ2n) is 5.75. The molecule has 1 rings (SSSR count). The van der Waals surface area contributed by atoms with E-state index in [-0.39, 0.29) is 24.3 Å². The van der Waals surface area contributed by atoms with E-state index in [0.29, 0.717) is 12.0 Å². The Morgan fingerprint density at radius 3 is 2.36 bits per heavy atom. The highest BCUT2D eigenvalue weighted by Crippen LogP contribution is 2.05. The minimum absolute atomic E-state index is 0.0454. The van der Waals surface area contributed by atoms with Crippen molar-refractivity contribution < 1.29 is 14.7 Å². The van der Waals surface area contributed by atoms with Crippen LogP contribution in [0, 0.1) is 5.92 Å². The summed E-state index contributed by atoms with van der Waals surface area (Å²) in [6.45, 7) is 5.93. The molecule has 22 heavy (non-hydrogen) atoms. The second-order valence-corrected chi connectivity index (χ2v) is 5.75. The summed E-state index contributed by atoms with van der Waals surface area (Å²) in [5, 5.41) is 15.1. The quantitative estimate of drug-likeness (QED) is 0.684. The lowest BCUT2D eigenvalue weighted by Gasteiger charge is -2.22. The van der Waals surface area contributed by atoms with Crippen LogP contribution >= 0.6 is 0 Å². The van der Waals surface area contributed by atoms with Crippen LogP contribution in [0.25, 0.3) is 0 Å². The summed E-state index contributed by atoms with van der Waals surface area (Å²) in [6, 6.07) is 8.17. The monoisotopic (exact) mass is 306 g/mol. The van der Waals surface area contributed by atoms with Crippen LogP contribution in [0.5, 0.6) is 0 Å². The SMILES string of the molecule is CCCC(O)CNC(=O)C(NC(=O)c1ccccc1)C(C)C. The van der Waals surface area contributed by atoms with E-state index in [1.54, 1.807) is 24.3 Å². The summed E-state index contributed by atoms with van der Waals surface area (Å²) in [4.78, 5) is 24.4. The maximum Gasteiger partial charge on any atom is 0.251 e. The fourth-order valence-electron chi connectivity index (χ4n) is 2.11. The molecular weight excluding hydrogens is 280 g/mol. The van der Waals surface area contributed by atoms with E-state index in [9.17, 15) is 14.7 Å². The number of carbonyl (C=O) groups excluding carboxylic acids is 2. The van der Waals surface area contributed by atoms with E-state index in [1.807, 2.05) is 26.8 Å². The van der Waals surface area contributed by atoms with Gasteiger partial charge in [0.1, 0.15) is 6.04 Å². The van der Waals surface area contributed by atoms with Crippen molar-refractivity contribution in [3.8, 4) is 0 Å². The van der Waals surface area contributed by atoms with Crippen molar-refractivity contribution in [2.75, 3.05) is 6.54 Å². The number of aliphatic hydroxyl groups is 1. The zero-order valence-corrected chi connectivity index (χ0v) is 13.5. The van der Waals surface area contributed by atoms with Gasteiger partial charge in [0.2, 0.25) is 5.91 Å². The van der Waals surface area contributed by atoms with Gasteiger partial charge in [-0.2, -0.15) is 0 Å². The molecule has 5 heteroatoms. The number of hydrogen-bond acceptors (Lipinski definition) is 3. The smallest absolute Gasteiger partial charge is 0.251 e. The Labute approximate surface area is 132 Å². The first-order valence-corrected chi connectivity index (χ1v) is 7.77. The number of aliphatic hydroxyl groups excluding tert-OH is 1. The third-order valence-corrected chi connectivity index (χ3v) is 3.41. The third kappa shape index (κ3) is 5.85. The molecule has 1 aromatic rings. The maximum atomic E-state index is 12.2. The number of nitrogens with one attached hydrogen (secondary N) is 2. The van der Waals surface area contributed by atoms with Gasteiger partial charge in [-0.05, 0) is 24.5 Å². The zero-order valence-electron chi connectivity index (χ0n) is 13.5. The van der Waals surface area contributed by atoms with Crippen molar-refractivity contribution in [2.45, 2.75) is 45.8 Å². The Hall–Kier alpha value is -1.88. The molecule has 0 heterocycles. The predicted octanol–water partition coefficient (Wildman–Crippen LogP) is 1.72. The number of rotatable bonds is 8. The van der Waals surface area contributed by atoms with Crippen molar-refractivity contribution in [3.63, 3.8) is 0 Å². The minimum Gasteiger partial charge on any atom is -0.391 e. The van der Waals surface area contributed by atoms with Gasteiger partial charge in [0.15, 0.2) is 0 Å². The molecule has 0 aliphatic rings. The number of carbonyl (C=O) groups is 2. The van der Waals surface area contributed by atoms with Crippen molar-refractivity contribution >= 4 is 11.8 Å². The average molecular weight is 306 g/mol. The first-order valence-electron chi connectivity index (χ1n) is 7.77. The topological polar surface area (TPSA) is 78.4 Å². The predicted molar refractivity (Wildman–Crippen MR) is 86.5 cm³/mol. The standard InChI is InChI=1S/C17H26N2O3/c1-4-8-14(20)11-18-17(22)15(12(2)3)19-16(21)13-9-6-5-7-10-13/h5-7,9-10,12,14-15,20H,4,8,11H2,1-3H3,(H,18,22)(H,19,21). The van der Waals surface area contributed by atoms with E-state index < -0.39 is 12.1 Å². The largest absolute Gasteiger partial charge is 0.391 e. The Bertz CT molecular complexity index is 474. The normalized spacial score (nSPS) is 13.5. The Morgan fingerprint density at radius 1 is 1.18 bits per heavy atom. The van der Waals surface area contributed by atoms with E-state index in [1.165, 1.54) is 0 Å². The Morgan fingerprint density at radius 2 is 1.82 bits per heavy atom. The summed E-state index contributed by atoms with van der Waals surface area (Å²) < 4.78 is 0. The van der Waals surface area contributed by atoms with E-state index >= 15 is 0 Å². The summed E-state index contributed by atoms with van der Waals surface area (Å²) in [5.41, 5.74) is 0.520. The molecule has 3 N–H and O–H groups in total. The van der Waals surface area contributed by atoms with Crippen LogP contribution in [0.2, 0.25) is 0 Å². The molecule has 0 aromatic heterocycles. The van der Waals surface area contributed by atoms with Crippen LogP contribution < -0.4 is 10.6 Å². The molecule has 0 aliphatic carbocycles. The second kappa shape index (κ2) is 9.20. The molecule has 0 spiro atoms. The number of amides is 2. The van der Waals surface area contributed by atoms with Crippen LogP contribution in [-0.4, -0.2) is 35.6 Å². The summed E-state index contributed by atoms with van der Waals surface area (Å²) in [6.07, 6.45) is 0.949.